The van der Waals surface area contributed by atoms with Crippen molar-refractivity contribution in [1.82, 2.24) is 5.32 Å². The molecule has 1 unspecified atom stereocenters. The van der Waals surface area contributed by atoms with Gasteiger partial charge in [0.25, 0.3) is 11.8 Å². The lowest BCUT2D eigenvalue weighted by Crippen LogP contribution is -2.28. The molecule has 0 spiro atoms. The van der Waals surface area contributed by atoms with E-state index in [1.165, 1.54) is 0 Å². The molecule has 5 nitrogen and oxygen atoms in total. The van der Waals surface area contributed by atoms with Crippen molar-refractivity contribution in [1.29, 1.82) is 0 Å². The predicted octanol–water partition coefficient (Wildman–Crippen LogP) is 6.19. The molecule has 1 aliphatic rings. The average Bonchev–Trinajstić information content (AvgIpc) is 3.20. The van der Waals surface area contributed by atoms with Gasteiger partial charge in [0.15, 0.2) is 0 Å². The van der Waals surface area contributed by atoms with Gasteiger partial charge in [-0.3, -0.25) is 9.59 Å². The quantitative estimate of drug-likeness (QED) is 0.268. The maximum absolute atomic E-state index is 12.7. The van der Waals surface area contributed by atoms with Crippen molar-refractivity contribution in [3.05, 3.63) is 124 Å². The first-order chi connectivity index (χ1) is 17.3. The van der Waals surface area contributed by atoms with Gasteiger partial charge in [-0.15, -0.1) is 0 Å². The zero-order valence-electron chi connectivity index (χ0n) is 20.1. The van der Waals surface area contributed by atoms with Gasteiger partial charge < -0.3 is 15.7 Å². The van der Waals surface area contributed by atoms with Crippen LogP contribution in [0, 0.1) is 0 Å². The third-order valence-corrected chi connectivity index (χ3v) is 6.19. The molecule has 3 N–H and O–H groups in total. The largest absolute Gasteiger partial charge is 0.387 e. The SMILES string of the molecule is CC(=C\C=C(/C)c1cccc(C(=O)NCC(O)c2ccccc2)c1)/C=C1/C(=O)Nc2ccc(Cl)cc21. The minimum atomic E-state index is -0.771. The summed E-state index contributed by atoms with van der Waals surface area (Å²) in [6.45, 7) is 4.01. The number of anilines is 1. The lowest BCUT2D eigenvalue weighted by Gasteiger charge is -2.12. The zero-order valence-corrected chi connectivity index (χ0v) is 20.8. The Hall–Kier alpha value is -3.93. The first kappa shape index (κ1) is 25.2. The monoisotopic (exact) mass is 498 g/mol. The van der Waals surface area contributed by atoms with Gasteiger partial charge >= 0.3 is 0 Å². The maximum atomic E-state index is 12.7. The summed E-state index contributed by atoms with van der Waals surface area (Å²) in [6.07, 6.45) is 4.95. The molecule has 3 aromatic carbocycles. The lowest BCUT2D eigenvalue weighted by atomic mass is 10.0. The average molecular weight is 499 g/mol. The van der Waals surface area contributed by atoms with Crippen LogP contribution in [0.1, 0.15) is 47.0 Å². The number of allylic oxidation sites excluding steroid dienone is 5. The van der Waals surface area contributed by atoms with E-state index in [2.05, 4.69) is 10.6 Å². The summed E-state index contributed by atoms with van der Waals surface area (Å²) in [7, 11) is 0. The summed E-state index contributed by atoms with van der Waals surface area (Å²) in [5, 5.41) is 16.5. The normalized spacial score (nSPS) is 15.4. The molecule has 0 bridgehead atoms. The van der Waals surface area contributed by atoms with Crippen LogP contribution in [-0.2, 0) is 4.79 Å². The Morgan fingerprint density at radius 2 is 1.75 bits per heavy atom. The van der Waals surface area contributed by atoms with Crippen LogP contribution in [0.25, 0.3) is 11.1 Å². The van der Waals surface area contributed by atoms with Gasteiger partial charge in [0.2, 0.25) is 0 Å². The van der Waals surface area contributed by atoms with E-state index < -0.39 is 6.10 Å². The second-order valence-corrected chi connectivity index (χ2v) is 9.12. The summed E-state index contributed by atoms with van der Waals surface area (Å²) < 4.78 is 0. The number of nitrogens with one attached hydrogen (secondary N) is 2. The van der Waals surface area contributed by atoms with E-state index in [1.807, 2.05) is 80.6 Å². The number of carbonyl (C=O) groups excluding carboxylic acids is 2. The Morgan fingerprint density at radius 1 is 1.00 bits per heavy atom. The van der Waals surface area contributed by atoms with E-state index in [9.17, 15) is 14.7 Å². The van der Waals surface area contributed by atoms with Crippen LogP contribution >= 0.6 is 11.6 Å². The number of hydrogen-bond acceptors (Lipinski definition) is 3. The van der Waals surface area contributed by atoms with Crippen LogP contribution in [0.3, 0.4) is 0 Å². The number of hydrogen-bond donors (Lipinski definition) is 3. The third-order valence-electron chi connectivity index (χ3n) is 5.95. The van der Waals surface area contributed by atoms with E-state index in [4.69, 9.17) is 11.6 Å². The highest BCUT2D eigenvalue weighted by Gasteiger charge is 2.24. The predicted molar refractivity (Wildman–Crippen MR) is 146 cm³/mol. The van der Waals surface area contributed by atoms with Crippen LogP contribution in [0.15, 0.2) is 96.6 Å². The number of halogens is 1. The van der Waals surface area contributed by atoms with Crippen molar-refractivity contribution in [2.24, 2.45) is 0 Å². The molecule has 1 atom stereocenters. The molecule has 0 saturated heterocycles. The van der Waals surface area contributed by atoms with Crippen LogP contribution in [0.4, 0.5) is 5.69 Å². The first-order valence-electron chi connectivity index (χ1n) is 11.6. The molecule has 36 heavy (non-hydrogen) atoms. The molecule has 0 aromatic heterocycles. The molecule has 182 valence electrons. The number of carbonyl (C=O) groups is 2. The van der Waals surface area contributed by atoms with E-state index in [1.54, 1.807) is 24.3 Å². The molecule has 6 heteroatoms. The molecule has 1 heterocycles. The fourth-order valence-corrected chi connectivity index (χ4v) is 4.09. The molecular formula is C30H27ClN2O3. The number of amides is 2. The Labute approximate surface area is 215 Å². The molecule has 1 aliphatic heterocycles. The molecule has 2 amide bonds. The number of rotatable bonds is 7. The van der Waals surface area contributed by atoms with Gasteiger partial charge in [-0.05, 0) is 67.0 Å². The number of fused-ring (bicyclic) bond motifs is 1. The number of aliphatic hydroxyl groups excluding tert-OH is 1. The fraction of sp³-hybridized carbons (Fsp3) is 0.133. The van der Waals surface area contributed by atoms with Crippen LogP contribution in [0.2, 0.25) is 5.02 Å². The molecule has 0 radical (unpaired) electrons. The minimum absolute atomic E-state index is 0.125. The molecule has 4 rings (SSSR count). The molecule has 3 aromatic rings. The van der Waals surface area contributed by atoms with Crippen molar-refractivity contribution in [2.45, 2.75) is 20.0 Å². The second-order valence-electron chi connectivity index (χ2n) is 8.68. The van der Waals surface area contributed by atoms with E-state index >= 15 is 0 Å². The van der Waals surface area contributed by atoms with Crippen molar-refractivity contribution in [3.63, 3.8) is 0 Å². The van der Waals surface area contributed by atoms with Crippen molar-refractivity contribution < 1.29 is 14.7 Å². The van der Waals surface area contributed by atoms with Gasteiger partial charge in [-0.1, -0.05) is 71.8 Å². The lowest BCUT2D eigenvalue weighted by molar-refractivity contribution is -0.110. The van der Waals surface area contributed by atoms with E-state index in [0.717, 1.165) is 33.5 Å². The minimum Gasteiger partial charge on any atom is -0.387 e. The highest BCUT2D eigenvalue weighted by atomic mass is 35.5. The Bertz CT molecular complexity index is 1390. The van der Waals surface area contributed by atoms with E-state index in [0.29, 0.717) is 16.2 Å². The topological polar surface area (TPSA) is 78.4 Å². The summed E-state index contributed by atoms with van der Waals surface area (Å²) in [4.78, 5) is 25.1. The maximum Gasteiger partial charge on any atom is 0.256 e. The molecule has 0 aliphatic carbocycles. The zero-order chi connectivity index (χ0) is 25.7. The van der Waals surface area contributed by atoms with Crippen molar-refractivity contribution >= 4 is 40.2 Å². The summed E-state index contributed by atoms with van der Waals surface area (Å²) >= 11 is 6.11. The fourth-order valence-electron chi connectivity index (χ4n) is 3.92. The highest BCUT2D eigenvalue weighted by Crippen LogP contribution is 2.34. The Morgan fingerprint density at radius 3 is 2.53 bits per heavy atom. The molecule has 0 fully saturated rings. The van der Waals surface area contributed by atoms with Crippen molar-refractivity contribution in [3.8, 4) is 0 Å². The van der Waals surface area contributed by atoms with Gasteiger partial charge in [0.05, 0.1) is 6.10 Å². The first-order valence-corrected chi connectivity index (χ1v) is 12.0. The highest BCUT2D eigenvalue weighted by molar-refractivity contribution is 6.34. The number of benzene rings is 3. The summed E-state index contributed by atoms with van der Waals surface area (Å²) in [5.74, 6) is -0.405. The molecule has 0 saturated carbocycles. The Balaban J connectivity index is 1.45. The van der Waals surface area contributed by atoms with E-state index in [-0.39, 0.29) is 18.4 Å². The van der Waals surface area contributed by atoms with Crippen LogP contribution in [-0.4, -0.2) is 23.5 Å². The third kappa shape index (κ3) is 6.00. The van der Waals surface area contributed by atoms with Crippen LogP contribution < -0.4 is 10.6 Å². The second kappa shape index (κ2) is 11.2. The smallest absolute Gasteiger partial charge is 0.256 e. The Kier molecular flexibility index (Phi) is 7.84. The summed E-state index contributed by atoms with van der Waals surface area (Å²) in [5.41, 5.74) is 6.15. The van der Waals surface area contributed by atoms with Gasteiger partial charge in [-0.2, -0.15) is 0 Å². The standard InChI is InChI=1S/C30H27ClN2O3/c1-19(15-26-25-17-24(31)13-14-27(25)33-30(26)36)11-12-20(2)22-9-6-10-23(16-22)29(35)32-18-28(34)21-7-4-3-5-8-21/h3-17,28,34H,18H2,1-2H3,(H,32,35)(H,33,36)/b19-11+,20-12+,26-15+. The van der Waals surface area contributed by atoms with Gasteiger partial charge in [0.1, 0.15) is 0 Å². The van der Waals surface area contributed by atoms with Gasteiger partial charge in [-0.25, -0.2) is 0 Å². The van der Waals surface area contributed by atoms with Gasteiger partial charge in [0, 0.05) is 34.0 Å². The van der Waals surface area contributed by atoms with Crippen molar-refractivity contribution in [2.75, 3.05) is 11.9 Å². The summed E-state index contributed by atoms with van der Waals surface area (Å²) in [6, 6.07) is 21.9. The van der Waals surface area contributed by atoms with Crippen LogP contribution in [0.5, 0.6) is 0 Å². The molecular weight excluding hydrogens is 472 g/mol. The number of aliphatic hydroxyl groups is 1.